The Labute approximate surface area is 111 Å². The molecule has 1 aromatic carbocycles. The van der Waals surface area contributed by atoms with Crippen LogP contribution in [0.1, 0.15) is 20.8 Å². The topological polar surface area (TPSA) is 37.4 Å². The Kier molecular flexibility index (Phi) is 3.03. The van der Waals surface area contributed by atoms with Crippen LogP contribution in [0.4, 0.5) is 5.69 Å². The predicted octanol–water partition coefficient (Wildman–Crippen LogP) is 3.19. The summed E-state index contributed by atoms with van der Waals surface area (Å²) in [4.78, 5) is 25.4. The van der Waals surface area contributed by atoms with Crippen LogP contribution in [0.15, 0.2) is 35.9 Å². The maximum absolute atomic E-state index is 12.3. The van der Waals surface area contributed by atoms with Crippen molar-refractivity contribution in [3.63, 3.8) is 0 Å². The Bertz CT molecular complexity index is 538. The second kappa shape index (κ2) is 4.25. The molecule has 0 spiro atoms. The third kappa shape index (κ3) is 2.18. The fourth-order valence-electron chi connectivity index (χ4n) is 1.84. The zero-order chi connectivity index (χ0) is 13.5. The highest BCUT2D eigenvalue weighted by Gasteiger charge is 2.37. The number of benzene rings is 1. The summed E-state index contributed by atoms with van der Waals surface area (Å²) < 4.78 is 0. The van der Waals surface area contributed by atoms with E-state index in [9.17, 15) is 9.59 Å². The van der Waals surface area contributed by atoms with Crippen molar-refractivity contribution < 1.29 is 9.59 Å². The molecule has 0 saturated heterocycles. The molecule has 2 amide bonds. The molecule has 0 bridgehead atoms. The molecule has 0 aromatic heterocycles. The lowest BCUT2D eigenvalue weighted by Gasteiger charge is -2.21. The molecule has 0 fully saturated rings. The molecule has 3 nitrogen and oxygen atoms in total. The maximum Gasteiger partial charge on any atom is 0.261 e. The van der Waals surface area contributed by atoms with Gasteiger partial charge in [0, 0.05) is 16.7 Å². The number of carbonyl (C=O) groups is 2. The van der Waals surface area contributed by atoms with Crippen molar-refractivity contribution in [1.82, 2.24) is 0 Å². The van der Waals surface area contributed by atoms with Gasteiger partial charge in [0.2, 0.25) is 0 Å². The largest absolute Gasteiger partial charge is 0.269 e. The summed E-state index contributed by atoms with van der Waals surface area (Å²) in [6.45, 7) is 5.74. The number of rotatable bonds is 1. The molecule has 0 unspecified atom stereocenters. The molecule has 2 rings (SSSR count). The Balaban J connectivity index is 2.37. The maximum atomic E-state index is 12.3. The summed E-state index contributed by atoms with van der Waals surface area (Å²) in [5, 5.41) is 0.571. The van der Waals surface area contributed by atoms with E-state index in [0.29, 0.717) is 16.3 Å². The molecule has 0 radical (unpaired) electrons. The number of anilines is 1. The number of hydrogen-bond donors (Lipinski definition) is 0. The van der Waals surface area contributed by atoms with Crippen molar-refractivity contribution in [1.29, 1.82) is 0 Å². The van der Waals surface area contributed by atoms with Gasteiger partial charge in [0.25, 0.3) is 11.8 Å². The second-order valence-electron chi connectivity index (χ2n) is 5.26. The van der Waals surface area contributed by atoms with E-state index in [1.54, 1.807) is 24.3 Å². The van der Waals surface area contributed by atoms with Crippen LogP contribution in [-0.4, -0.2) is 11.8 Å². The molecule has 0 N–H and O–H groups in total. The van der Waals surface area contributed by atoms with Crippen LogP contribution >= 0.6 is 11.6 Å². The highest BCUT2D eigenvalue weighted by atomic mass is 35.5. The summed E-state index contributed by atoms with van der Waals surface area (Å²) in [5.41, 5.74) is 0.737. The van der Waals surface area contributed by atoms with Crippen molar-refractivity contribution >= 4 is 29.1 Å². The van der Waals surface area contributed by atoms with Crippen molar-refractivity contribution in [2.75, 3.05) is 4.90 Å². The van der Waals surface area contributed by atoms with E-state index < -0.39 is 0 Å². The number of halogens is 1. The van der Waals surface area contributed by atoms with E-state index in [1.807, 2.05) is 20.8 Å². The van der Waals surface area contributed by atoms with Gasteiger partial charge in [0.05, 0.1) is 5.69 Å². The zero-order valence-electron chi connectivity index (χ0n) is 10.5. The molecule has 0 aliphatic carbocycles. The van der Waals surface area contributed by atoms with E-state index in [2.05, 4.69) is 0 Å². The van der Waals surface area contributed by atoms with Crippen LogP contribution in [0.3, 0.4) is 0 Å². The monoisotopic (exact) mass is 263 g/mol. The zero-order valence-corrected chi connectivity index (χ0v) is 11.3. The third-order valence-electron chi connectivity index (χ3n) is 2.81. The first-order valence-electron chi connectivity index (χ1n) is 5.67. The van der Waals surface area contributed by atoms with Gasteiger partial charge in [0.15, 0.2) is 0 Å². The summed E-state index contributed by atoms with van der Waals surface area (Å²) >= 11 is 5.79. The van der Waals surface area contributed by atoms with Gasteiger partial charge in [-0.1, -0.05) is 32.4 Å². The van der Waals surface area contributed by atoms with E-state index >= 15 is 0 Å². The van der Waals surface area contributed by atoms with Gasteiger partial charge in [-0.3, -0.25) is 9.59 Å². The second-order valence-corrected chi connectivity index (χ2v) is 5.70. The van der Waals surface area contributed by atoms with Crippen molar-refractivity contribution in [3.05, 3.63) is 40.9 Å². The molecule has 1 aromatic rings. The van der Waals surface area contributed by atoms with Gasteiger partial charge in [-0.15, -0.1) is 0 Å². The average molecular weight is 264 g/mol. The highest BCUT2D eigenvalue weighted by Crippen LogP contribution is 2.33. The predicted molar refractivity (Wildman–Crippen MR) is 71.5 cm³/mol. The van der Waals surface area contributed by atoms with Gasteiger partial charge in [0.1, 0.15) is 0 Å². The van der Waals surface area contributed by atoms with Gasteiger partial charge in [-0.2, -0.15) is 0 Å². The molecular formula is C14H14ClNO2. The van der Waals surface area contributed by atoms with Crippen LogP contribution in [0.5, 0.6) is 0 Å². The van der Waals surface area contributed by atoms with E-state index in [4.69, 9.17) is 11.6 Å². The van der Waals surface area contributed by atoms with E-state index in [1.165, 1.54) is 11.0 Å². The minimum absolute atomic E-state index is 0.255. The van der Waals surface area contributed by atoms with Gasteiger partial charge in [-0.05, 0) is 29.7 Å². The summed E-state index contributed by atoms with van der Waals surface area (Å²) in [5.74, 6) is -0.554. The molecule has 0 atom stereocenters. The molecular weight excluding hydrogens is 250 g/mol. The lowest BCUT2D eigenvalue weighted by molar-refractivity contribution is -0.120. The Morgan fingerprint density at radius 2 is 1.61 bits per heavy atom. The quantitative estimate of drug-likeness (QED) is 0.730. The average Bonchev–Trinajstić information content (AvgIpc) is 2.56. The Morgan fingerprint density at radius 1 is 1.06 bits per heavy atom. The number of carbonyl (C=O) groups excluding carboxylic acids is 2. The Morgan fingerprint density at radius 3 is 2.06 bits per heavy atom. The first kappa shape index (κ1) is 12.8. The molecule has 94 valence electrons. The molecule has 1 aliphatic rings. The van der Waals surface area contributed by atoms with Crippen LogP contribution in [-0.2, 0) is 9.59 Å². The fraction of sp³-hybridized carbons (Fsp3) is 0.286. The lowest BCUT2D eigenvalue weighted by atomic mass is 9.86. The molecule has 1 aliphatic heterocycles. The van der Waals surface area contributed by atoms with Crippen molar-refractivity contribution in [2.24, 2.45) is 5.41 Å². The van der Waals surface area contributed by atoms with Crippen LogP contribution in [0.25, 0.3) is 0 Å². The number of hydrogen-bond acceptors (Lipinski definition) is 2. The summed E-state index contributed by atoms with van der Waals surface area (Å²) in [6, 6.07) is 6.65. The summed E-state index contributed by atoms with van der Waals surface area (Å²) in [6.07, 6.45) is 1.41. The van der Waals surface area contributed by atoms with Crippen LogP contribution in [0, 0.1) is 5.41 Å². The van der Waals surface area contributed by atoms with Crippen molar-refractivity contribution in [3.8, 4) is 0 Å². The Hall–Kier alpha value is -1.61. The molecule has 4 heteroatoms. The van der Waals surface area contributed by atoms with Gasteiger partial charge >= 0.3 is 0 Å². The normalized spacial score (nSPS) is 16.2. The number of nitrogens with zero attached hydrogens (tertiary/aromatic N) is 1. The number of imide groups is 1. The van der Waals surface area contributed by atoms with Crippen LogP contribution < -0.4 is 4.90 Å². The number of amides is 2. The van der Waals surface area contributed by atoms with E-state index in [0.717, 1.165) is 0 Å². The fourth-order valence-corrected chi connectivity index (χ4v) is 1.97. The molecule has 0 saturated carbocycles. The van der Waals surface area contributed by atoms with Gasteiger partial charge < -0.3 is 0 Å². The van der Waals surface area contributed by atoms with Crippen molar-refractivity contribution in [2.45, 2.75) is 20.8 Å². The lowest BCUT2D eigenvalue weighted by Crippen LogP contribution is -2.32. The molecule has 1 heterocycles. The van der Waals surface area contributed by atoms with E-state index in [-0.39, 0.29) is 17.2 Å². The first-order chi connectivity index (χ1) is 8.30. The van der Waals surface area contributed by atoms with Gasteiger partial charge in [-0.25, -0.2) is 4.90 Å². The third-order valence-corrected chi connectivity index (χ3v) is 3.07. The van der Waals surface area contributed by atoms with Crippen LogP contribution in [0.2, 0.25) is 5.02 Å². The minimum Gasteiger partial charge on any atom is -0.269 e. The minimum atomic E-state index is -0.339. The standard InChI is InChI=1S/C14H14ClNO2/c1-14(2,3)11-8-12(17)16(13(11)18)10-6-4-9(15)5-7-10/h4-8H,1-3H3. The highest BCUT2D eigenvalue weighted by molar-refractivity contribution is 6.32. The summed E-state index contributed by atoms with van der Waals surface area (Å²) in [7, 11) is 0. The first-order valence-corrected chi connectivity index (χ1v) is 6.04. The smallest absolute Gasteiger partial charge is 0.261 e. The SMILES string of the molecule is CC(C)(C)C1=CC(=O)N(c2ccc(Cl)cc2)C1=O. The molecule has 18 heavy (non-hydrogen) atoms.